The summed E-state index contributed by atoms with van der Waals surface area (Å²) in [6.45, 7) is 6.15. The van der Waals surface area contributed by atoms with Gasteiger partial charge in [-0.25, -0.2) is 15.0 Å². The van der Waals surface area contributed by atoms with Crippen LogP contribution in [0.3, 0.4) is 0 Å². The van der Waals surface area contributed by atoms with Gasteiger partial charge in [0, 0.05) is 50.0 Å². The monoisotopic (exact) mass is 519 g/mol. The van der Waals surface area contributed by atoms with E-state index in [1.807, 2.05) is 29.9 Å². The van der Waals surface area contributed by atoms with Crippen molar-refractivity contribution in [1.82, 2.24) is 30.0 Å². The summed E-state index contributed by atoms with van der Waals surface area (Å²) in [5.74, 6) is 1.93. The van der Waals surface area contributed by atoms with E-state index < -0.39 is 0 Å². The highest BCUT2D eigenvalue weighted by molar-refractivity contribution is 5.92. The van der Waals surface area contributed by atoms with Crippen molar-refractivity contribution in [3.8, 4) is 22.9 Å². The Morgan fingerprint density at radius 2 is 1.92 bits per heavy atom. The zero-order chi connectivity index (χ0) is 26.8. The number of pyridine rings is 1. The maximum Gasteiger partial charge on any atom is 0.228 e. The number of hydrogen-bond donors (Lipinski definition) is 2. The van der Waals surface area contributed by atoms with Crippen molar-refractivity contribution in [2.75, 3.05) is 18.4 Å². The topological polar surface area (TPSA) is 89.8 Å². The summed E-state index contributed by atoms with van der Waals surface area (Å²) >= 11 is 0. The van der Waals surface area contributed by atoms with Crippen LogP contribution in [0.5, 0.6) is 11.6 Å². The number of aromatic nitrogens is 5. The molecule has 0 unspecified atom stereocenters. The summed E-state index contributed by atoms with van der Waals surface area (Å²) in [4.78, 5) is 13.9. The lowest BCUT2D eigenvalue weighted by Gasteiger charge is -2.23. The molecule has 198 valence electrons. The number of aryl methyl sites for hydroxylation is 3. The van der Waals surface area contributed by atoms with Crippen LogP contribution in [-0.4, -0.2) is 43.9 Å². The van der Waals surface area contributed by atoms with Crippen LogP contribution in [0, 0.1) is 13.8 Å². The Bertz CT molecular complexity index is 1620. The van der Waals surface area contributed by atoms with E-state index in [2.05, 4.69) is 76.1 Å². The lowest BCUT2D eigenvalue weighted by molar-refractivity contribution is 0.466. The number of benzene rings is 2. The van der Waals surface area contributed by atoms with Crippen molar-refractivity contribution in [3.05, 3.63) is 89.5 Å². The Labute approximate surface area is 228 Å². The molecule has 8 nitrogen and oxygen atoms in total. The Kier molecular flexibility index (Phi) is 6.94. The molecule has 0 spiro atoms. The van der Waals surface area contributed by atoms with Crippen LogP contribution in [-0.2, 0) is 13.5 Å². The first-order valence-corrected chi connectivity index (χ1v) is 13.5. The smallest absolute Gasteiger partial charge is 0.228 e. The maximum atomic E-state index is 6.61. The fourth-order valence-electron chi connectivity index (χ4n) is 5.30. The largest absolute Gasteiger partial charge is 0.437 e. The Morgan fingerprint density at radius 1 is 1.00 bits per heavy atom. The average Bonchev–Trinajstić information content (AvgIpc) is 3.27. The minimum Gasteiger partial charge on any atom is -0.437 e. The molecule has 0 saturated carbocycles. The van der Waals surface area contributed by atoms with E-state index in [4.69, 9.17) is 9.72 Å². The van der Waals surface area contributed by atoms with E-state index in [0.29, 0.717) is 17.9 Å². The molecule has 1 fully saturated rings. The van der Waals surface area contributed by atoms with Crippen LogP contribution >= 0.6 is 0 Å². The van der Waals surface area contributed by atoms with Gasteiger partial charge in [0.1, 0.15) is 5.75 Å². The van der Waals surface area contributed by atoms with Crippen LogP contribution in [0.1, 0.15) is 35.2 Å². The van der Waals surface area contributed by atoms with Crippen molar-refractivity contribution in [2.45, 2.75) is 39.2 Å². The summed E-state index contributed by atoms with van der Waals surface area (Å²) in [6, 6.07) is 16.8. The number of ether oxygens (including phenoxy) is 1. The van der Waals surface area contributed by atoms with E-state index in [9.17, 15) is 0 Å². The number of nitrogens with zero attached hydrogens (tertiary/aromatic N) is 5. The SMILES string of the molecule is Cc1cn(C)nc1Cc1cccc2c(Oc3ncccc3-c3ccnc(N[C@H]4CCCNC4)n3)c(C)ccc12. The molecule has 1 atom stereocenters. The van der Waals surface area contributed by atoms with Gasteiger partial charge in [-0.05, 0) is 73.5 Å². The van der Waals surface area contributed by atoms with Gasteiger partial charge in [0.2, 0.25) is 11.8 Å². The Hall–Kier alpha value is -4.30. The van der Waals surface area contributed by atoms with E-state index in [0.717, 1.165) is 71.4 Å². The second-order valence-electron chi connectivity index (χ2n) is 10.2. The van der Waals surface area contributed by atoms with Gasteiger partial charge < -0.3 is 15.4 Å². The minimum absolute atomic E-state index is 0.320. The standard InChI is InChI=1S/C31H33N7O/c1-20-11-12-24-22(17-28-21(2)19-38(3)37-28)7-4-9-25(24)29(20)39-30-26(10-6-15-33-30)27-13-16-34-31(36-27)35-23-8-5-14-32-18-23/h4,6-7,9-13,15-16,19,23,32H,5,8,14,17-18H2,1-3H3,(H,34,35,36)/t23-/m0/s1. The number of nitrogens with one attached hydrogen (secondary N) is 2. The first kappa shape index (κ1) is 25.0. The third-order valence-electron chi connectivity index (χ3n) is 7.30. The van der Waals surface area contributed by atoms with Crippen LogP contribution < -0.4 is 15.4 Å². The van der Waals surface area contributed by atoms with Gasteiger partial charge in [-0.1, -0.05) is 30.3 Å². The third kappa shape index (κ3) is 5.33. The molecule has 8 heteroatoms. The zero-order valence-electron chi connectivity index (χ0n) is 22.6. The molecule has 5 aromatic rings. The predicted octanol–water partition coefficient (Wildman–Crippen LogP) is 5.59. The number of anilines is 1. The van der Waals surface area contributed by atoms with Crippen LogP contribution in [0.15, 0.2) is 67.1 Å². The highest BCUT2D eigenvalue weighted by Crippen LogP contribution is 2.38. The minimum atomic E-state index is 0.320. The fraction of sp³-hybridized carbons (Fsp3) is 0.290. The molecule has 2 aromatic carbocycles. The van der Waals surface area contributed by atoms with Gasteiger partial charge in [-0.3, -0.25) is 4.68 Å². The summed E-state index contributed by atoms with van der Waals surface area (Å²) in [6.07, 6.45) is 8.60. The van der Waals surface area contributed by atoms with E-state index >= 15 is 0 Å². The molecule has 2 N–H and O–H groups in total. The lowest BCUT2D eigenvalue weighted by Crippen LogP contribution is -2.38. The first-order valence-electron chi connectivity index (χ1n) is 13.5. The van der Waals surface area contributed by atoms with E-state index in [-0.39, 0.29) is 0 Å². The summed E-state index contributed by atoms with van der Waals surface area (Å²) in [5, 5.41) is 13.8. The molecule has 4 heterocycles. The predicted molar refractivity (Wildman–Crippen MR) is 154 cm³/mol. The molecule has 0 radical (unpaired) electrons. The second-order valence-corrected chi connectivity index (χ2v) is 10.2. The van der Waals surface area contributed by atoms with Crippen molar-refractivity contribution in [1.29, 1.82) is 0 Å². The molecule has 0 aliphatic carbocycles. The van der Waals surface area contributed by atoms with Crippen molar-refractivity contribution in [2.24, 2.45) is 7.05 Å². The van der Waals surface area contributed by atoms with Gasteiger partial charge >= 0.3 is 0 Å². The molecule has 3 aromatic heterocycles. The lowest BCUT2D eigenvalue weighted by atomic mass is 9.97. The summed E-state index contributed by atoms with van der Waals surface area (Å²) < 4.78 is 8.48. The number of piperidine rings is 1. The molecule has 0 amide bonds. The molecule has 0 bridgehead atoms. The van der Waals surface area contributed by atoms with E-state index in [1.165, 1.54) is 11.1 Å². The van der Waals surface area contributed by atoms with Crippen LogP contribution in [0.2, 0.25) is 0 Å². The molecule has 1 saturated heterocycles. The van der Waals surface area contributed by atoms with Crippen molar-refractivity contribution < 1.29 is 4.74 Å². The number of fused-ring (bicyclic) bond motifs is 1. The molecular formula is C31H33N7O. The molecule has 39 heavy (non-hydrogen) atoms. The highest BCUT2D eigenvalue weighted by atomic mass is 16.5. The number of hydrogen-bond acceptors (Lipinski definition) is 7. The maximum absolute atomic E-state index is 6.61. The van der Waals surface area contributed by atoms with Gasteiger partial charge in [-0.15, -0.1) is 0 Å². The third-order valence-corrected chi connectivity index (χ3v) is 7.30. The zero-order valence-corrected chi connectivity index (χ0v) is 22.6. The van der Waals surface area contributed by atoms with Gasteiger partial charge in [0.05, 0.1) is 17.0 Å². The quantitative estimate of drug-likeness (QED) is 0.290. The molecule has 1 aliphatic heterocycles. The Morgan fingerprint density at radius 3 is 2.74 bits per heavy atom. The van der Waals surface area contributed by atoms with Gasteiger partial charge in [-0.2, -0.15) is 5.10 Å². The highest BCUT2D eigenvalue weighted by Gasteiger charge is 2.18. The molecule has 1 aliphatic rings. The Balaban J connectivity index is 1.34. The van der Waals surface area contributed by atoms with Gasteiger partial charge in [0.15, 0.2) is 0 Å². The molecular weight excluding hydrogens is 486 g/mol. The fourth-order valence-corrected chi connectivity index (χ4v) is 5.30. The van der Waals surface area contributed by atoms with Crippen LogP contribution in [0.4, 0.5) is 5.95 Å². The number of rotatable bonds is 7. The van der Waals surface area contributed by atoms with Crippen molar-refractivity contribution >= 4 is 16.7 Å². The summed E-state index contributed by atoms with van der Waals surface area (Å²) in [5.41, 5.74) is 6.11. The second kappa shape index (κ2) is 10.8. The first-order chi connectivity index (χ1) is 19.0. The average molecular weight is 520 g/mol. The molecule has 6 rings (SSSR count). The van der Waals surface area contributed by atoms with Crippen LogP contribution in [0.25, 0.3) is 22.0 Å². The normalized spacial score (nSPS) is 15.4. The van der Waals surface area contributed by atoms with Gasteiger partial charge in [0.25, 0.3) is 0 Å². The van der Waals surface area contributed by atoms with E-state index in [1.54, 1.807) is 12.4 Å². The summed E-state index contributed by atoms with van der Waals surface area (Å²) in [7, 11) is 1.96. The van der Waals surface area contributed by atoms with Crippen molar-refractivity contribution in [3.63, 3.8) is 0 Å².